The number of anilines is 1. The molecule has 0 unspecified atom stereocenters. The van der Waals surface area contributed by atoms with Gasteiger partial charge in [-0.05, 0) is 30.3 Å². The summed E-state index contributed by atoms with van der Waals surface area (Å²) in [6.07, 6.45) is 0.701. The normalized spacial score (nSPS) is 11.4. The molecule has 6 nitrogen and oxygen atoms in total. The second kappa shape index (κ2) is 6.32. The van der Waals surface area contributed by atoms with Gasteiger partial charge in [0, 0.05) is 12.0 Å². The molecule has 0 radical (unpaired) electrons. The first kappa shape index (κ1) is 14.9. The van der Waals surface area contributed by atoms with E-state index in [0.29, 0.717) is 22.7 Å². The standard InChI is InChI=1S/C14H14ClN3O3/c1-2-9-4-6-12(21-9)14(19)17-11-7-8(13(16)18-20)3-5-10(11)15/h3-7,20H,2H2,1H3,(H2,16,18)(H,17,19). The molecule has 21 heavy (non-hydrogen) atoms. The maximum Gasteiger partial charge on any atom is 0.291 e. The molecule has 0 aliphatic carbocycles. The second-order valence-corrected chi connectivity index (χ2v) is 4.66. The fraction of sp³-hybridized carbons (Fsp3) is 0.143. The number of rotatable bonds is 4. The number of halogens is 1. The van der Waals surface area contributed by atoms with Crippen LogP contribution in [-0.4, -0.2) is 17.0 Å². The summed E-state index contributed by atoms with van der Waals surface area (Å²) in [7, 11) is 0. The van der Waals surface area contributed by atoms with Crippen LogP contribution in [0.3, 0.4) is 0 Å². The minimum atomic E-state index is -0.423. The Kier molecular flexibility index (Phi) is 4.49. The molecule has 1 amide bonds. The second-order valence-electron chi connectivity index (χ2n) is 4.25. The lowest BCUT2D eigenvalue weighted by Crippen LogP contribution is -2.15. The van der Waals surface area contributed by atoms with Crippen LogP contribution in [0, 0.1) is 0 Å². The zero-order chi connectivity index (χ0) is 15.4. The van der Waals surface area contributed by atoms with Crippen molar-refractivity contribution in [2.45, 2.75) is 13.3 Å². The topological polar surface area (TPSA) is 101 Å². The van der Waals surface area contributed by atoms with Crippen molar-refractivity contribution in [3.05, 3.63) is 52.4 Å². The van der Waals surface area contributed by atoms with Crippen molar-refractivity contribution < 1.29 is 14.4 Å². The lowest BCUT2D eigenvalue weighted by molar-refractivity contribution is 0.0995. The van der Waals surface area contributed by atoms with E-state index >= 15 is 0 Å². The number of amides is 1. The molecule has 0 fully saturated rings. The highest BCUT2D eigenvalue weighted by Crippen LogP contribution is 2.24. The lowest BCUT2D eigenvalue weighted by atomic mass is 10.2. The van der Waals surface area contributed by atoms with Gasteiger partial charge in [0.15, 0.2) is 11.6 Å². The quantitative estimate of drug-likeness (QED) is 0.350. The molecule has 0 saturated carbocycles. The zero-order valence-electron chi connectivity index (χ0n) is 11.3. The first-order chi connectivity index (χ1) is 10.0. The Labute approximate surface area is 126 Å². The number of hydrogen-bond acceptors (Lipinski definition) is 4. The number of benzene rings is 1. The summed E-state index contributed by atoms with van der Waals surface area (Å²) in [5.74, 6) is 0.412. The van der Waals surface area contributed by atoms with Crippen LogP contribution in [0.25, 0.3) is 0 Å². The summed E-state index contributed by atoms with van der Waals surface area (Å²) < 4.78 is 5.36. The number of carbonyl (C=O) groups excluding carboxylic acids is 1. The molecule has 1 heterocycles. The Hall–Kier alpha value is -2.47. The fourth-order valence-electron chi connectivity index (χ4n) is 1.71. The maximum atomic E-state index is 12.1. The van der Waals surface area contributed by atoms with Gasteiger partial charge in [0.25, 0.3) is 5.91 Å². The highest BCUT2D eigenvalue weighted by Gasteiger charge is 2.13. The van der Waals surface area contributed by atoms with Crippen LogP contribution in [0.1, 0.15) is 28.8 Å². The van der Waals surface area contributed by atoms with Gasteiger partial charge in [0.2, 0.25) is 0 Å². The van der Waals surface area contributed by atoms with E-state index in [2.05, 4.69) is 10.5 Å². The first-order valence-electron chi connectivity index (χ1n) is 6.22. The van der Waals surface area contributed by atoms with E-state index < -0.39 is 5.91 Å². The van der Waals surface area contributed by atoms with Crippen LogP contribution in [0.5, 0.6) is 0 Å². The van der Waals surface area contributed by atoms with Crippen molar-refractivity contribution in [1.29, 1.82) is 0 Å². The van der Waals surface area contributed by atoms with Crippen LogP contribution in [0.2, 0.25) is 5.02 Å². The third kappa shape index (κ3) is 3.35. The fourth-order valence-corrected chi connectivity index (χ4v) is 1.88. The number of oxime groups is 1. The Balaban J connectivity index is 2.24. The third-order valence-electron chi connectivity index (χ3n) is 2.85. The van der Waals surface area contributed by atoms with Crippen LogP contribution < -0.4 is 11.1 Å². The van der Waals surface area contributed by atoms with Crippen molar-refractivity contribution in [1.82, 2.24) is 0 Å². The molecule has 2 aromatic rings. The number of carbonyl (C=O) groups is 1. The molecule has 0 bridgehead atoms. The summed E-state index contributed by atoms with van der Waals surface area (Å²) in [4.78, 5) is 12.1. The van der Waals surface area contributed by atoms with Gasteiger partial charge in [0.05, 0.1) is 10.7 Å². The van der Waals surface area contributed by atoms with Crippen LogP contribution in [-0.2, 0) is 6.42 Å². The minimum absolute atomic E-state index is 0.0755. The van der Waals surface area contributed by atoms with Gasteiger partial charge in [-0.15, -0.1) is 0 Å². The Morgan fingerprint density at radius 1 is 1.43 bits per heavy atom. The highest BCUT2D eigenvalue weighted by molar-refractivity contribution is 6.34. The van der Waals surface area contributed by atoms with Gasteiger partial charge in [-0.25, -0.2) is 0 Å². The minimum Gasteiger partial charge on any atom is -0.456 e. The van der Waals surface area contributed by atoms with E-state index in [-0.39, 0.29) is 11.6 Å². The van der Waals surface area contributed by atoms with Gasteiger partial charge < -0.3 is 20.7 Å². The molecular weight excluding hydrogens is 294 g/mol. The Morgan fingerprint density at radius 2 is 2.19 bits per heavy atom. The van der Waals surface area contributed by atoms with Gasteiger partial charge in [-0.3, -0.25) is 4.79 Å². The predicted molar refractivity (Wildman–Crippen MR) is 80.0 cm³/mol. The summed E-state index contributed by atoms with van der Waals surface area (Å²) in [5, 5.41) is 14.5. The molecule has 7 heteroatoms. The van der Waals surface area contributed by atoms with Crippen molar-refractivity contribution in [3.63, 3.8) is 0 Å². The maximum absolute atomic E-state index is 12.1. The molecule has 4 N–H and O–H groups in total. The highest BCUT2D eigenvalue weighted by atomic mass is 35.5. The van der Waals surface area contributed by atoms with E-state index in [9.17, 15) is 4.79 Å². The van der Waals surface area contributed by atoms with E-state index in [4.69, 9.17) is 27.0 Å². The molecule has 0 spiro atoms. The van der Waals surface area contributed by atoms with E-state index in [1.54, 1.807) is 24.3 Å². The lowest BCUT2D eigenvalue weighted by Gasteiger charge is -2.08. The summed E-state index contributed by atoms with van der Waals surface area (Å²) >= 11 is 6.02. The summed E-state index contributed by atoms with van der Waals surface area (Å²) in [6, 6.07) is 7.97. The Morgan fingerprint density at radius 3 is 2.81 bits per heavy atom. The van der Waals surface area contributed by atoms with Crippen molar-refractivity contribution >= 4 is 29.0 Å². The number of nitrogens with one attached hydrogen (secondary N) is 1. The monoisotopic (exact) mass is 307 g/mol. The molecule has 1 aromatic carbocycles. The largest absolute Gasteiger partial charge is 0.456 e. The number of aryl methyl sites for hydroxylation is 1. The number of nitrogens with zero attached hydrogens (tertiary/aromatic N) is 1. The third-order valence-corrected chi connectivity index (χ3v) is 3.18. The number of furan rings is 1. The average Bonchev–Trinajstić information content (AvgIpc) is 2.97. The van der Waals surface area contributed by atoms with Crippen LogP contribution in [0.15, 0.2) is 39.9 Å². The summed E-state index contributed by atoms with van der Waals surface area (Å²) in [6.45, 7) is 1.93. The van der Waals surface area contributed by atoms with E-state index in [0.717, 1.165) is 5.76 Å². The van der Waals surface area contributed by atoms with Gasteiger partial charge in [-0.1, -0.05) is 23.7 Å². The molecule has 2 rings (SSSR count). The van der Waals surface area contributed by atoms with Crippen molar-refractivity contribution in [2.24, 2.45) is 10.9 Å². The Bertz CT molecular complexity index is 695. The zero-order valence-corrected chi connectivity index (χ0v) is 12.0. The SMILES string of the molecule is CCc1ccc(C(=O)Nc2cc(/C(N)=N/O)ccc2Cl)o1. The number of nitrogens with two attached hydrogens (primary N) is 1. The first-order valence-corrected chi connectivity index (χ1v) is 6.60. The molecule has 0 atom stereocenters. The molecule has 110 valence electrons. The predicted octanol–water partition coefficient (Wildman–Crippen LogP) is 2.84. The van der Waals surface area contributed by atoms with E-state index in [1.165, 1.54) is 6.07 Å². The van der Waals surface area contributed by atoms with Crippen molar-refractivity contribution in [3.8, 4) is 0 Å². The smallest absolute Gasteiger partial charge is 0.291 e. The van der Waals surface area contributed by atoms with Crippen LogP contribution >= 0.6 is 11.6 Å². The number of amidine groups is 1. The molecule has 0 saturated heterocycles. The molecule has 0 aliphatic heterocycles. The molecule has 1 aromatic heterocycles. The average molecular weight is 308 g/mol. The summed E-state index contributed by atoms with van der Waals surface area (Å²) in [5.41, 5.74) is 6.29. The molecule has 0 aliphatic rings. The molecular formula is C14H14ClN3O3. The van der Waals surface area contributed by atoms with Gasteiger partial charge in [0.1, 0.15) is 5.76 Å². The number of hydrogen-bond donors (Lipinski definition) is 3. The van der Waals surface area contributed by atoms with Crippen molar-refractivity contribution in [2.75, 3.05) is 5.32 Å². The van der Waals surface area contributed by atoms with Crippen LogP contribution in [0.4, 0.5) is 5.69 Å². The van der Waals surface area contributed by atoms with E-state index in [1.807, 2.05) is 6.92 Å². The van der Waals surface area contributed by atoms with Gasteiger partial charge >= 0.3 is 0 Å². The van der Waals surface area contributed by atoms with Gasteiger partial charge in [-0.2, -0.15) is 0 Å².